The summed E-state index contributed by atoms with van der Waals surface area (Å²) in [6.45, 7) is 1.81. The van der Waals surface area contributed by atoms with E-state index in [9.17, 15) is 9.59 Å². The summed E-state index contributed by atoms with van der Waals surface area (Å²) in [7, 11) is 0. The second-order valence-electron chi connectivity index (χ2n) is 8.86. The minimum absolute atomic E-state index is 0.0650. The topological polar surface area (TPSA) is 99.2 Å². The van der Waals surface area contributed by atoms with Gasteiger partial charge in [-0.05, 0) is 76.0 Å². The average molecular weight is 437 g/mol. The second-order valence-corrected chi connectivity index (χ2v) is 8.86. The van der Waals surface area contributed by atoms with Crippen molar-refractivity contribution in [2.45, 2.75) is 70.4 Å². The predicted octanol–water partition coefficient (Wildman–Crippen LogP) is 3.25. The zero-order chi connectivity index (χ0) is 22.1. The zero-order valence-electron chi connectivity index (χ0n) is 18.3. The Kier molecular flexibility index (Phi) is 5.68. The third-order valence-corrected chi connectivity index (χ3v) is 6.82. The molecule has 5 rings (SSSR count). The minimum atomic E-state index is -0.244. The van der Waals surface area contributed by atoms with Gasteiger partial charge in [-0.15, -0.1) is 0 Å². The van der Waals surface area contributed by atoms with Crippen molar-refractivity contribution in [3.63, 3.8) is 0 Å². The molecular weight excluding hydrogens is 408 g/mol. The third kappa shape index (κ3) is 4.01. The highest BCUT2D eigenvalue weighted by atomic mass is 16.5. The summed E-state index contributed by atoms with van der Waals surface area (Å²) in [6.07, 6.45) is 10.8. The monoisotopic (exact) mass is 436 g/mol. The van der Waals surface area contributed by atoms with Crippen molar-refractivity contribution in [2.24, 2.45) is 0 Å². The van der Waals surface area contributed by atoms with E-state index in [1.807, 2.05) is 23.7 Å². The fourth-order valence-corrected chi connectivity index (χ4v) is 5.08. The van der Waals surface area contributed by atoms with Crippen LogP contribution in [0.3, 0.4) is 0 Å². The number of ether oxygens (including phenoxy) is 1. The third-order valence-electron chi connectivity index (χ3n) is 6.82. The molecule has 1 aromatic carbocycles. The molecule has 0 aliphatic heterocycles. The summed E-state index contributed by atoms with van der Waals surface area (Å²) in [5.74, 6) is 0.432. The van der Waals surface area contributed by atoms with Gasteiger partial charge in [0.05, 0.1) is 6.04 Å². The molecule has 168 valence electrons. The molecule has 1 amide bonds. The van der Waals surface area contributed by atoms with Crippen LogP contribution in [-0.4, -0.2) is 33.3 Å². The van der Waals surface area contributed by atoms with Crippen LogP contribution in [0.15, 0.2) is 34.0 Å². The number of nitrogens with zero attached hydrogens (tertiary/aromatic N) is 3. The average Bonchev–Trinajstić information content (AvgIpc) is 3.35. The van der Waals surface area contributed by atoms with Crippen LogP contribution >= 0.6 is 0 Å². The van der Waals surface area contributed by atoms with Crippen LogP contribution in [0.2, 0.25) is 0 Å². The Morgan fingerprint density at radius 2 is 1.97 bits per heavy atom. The number of benzene rings is 1. The predicted molar refractivity (Wildman–Crippen MR) is 119 cm³/mol. The van der Waals surface area contributed by atoms with Crippen LogP contribution in [0.4, 0.5) is 0 Å². The molecule has 2 heterocycles. The Morgan fingerprint density at radius 3 is 2.72 bits per heavy atom. The molecule has 32 heavy (non-hydrogen) atoms. The van der Waals surface area contributed by atoms with Gasteiger partial charge < -0.3 is 14.5 Å². The van der Waals surface area contributed by atoms with Crippen LogP contribution in [0.1, 0.15) is 61.3 Å². The van der Waals surface area contributed by atoms with Gasteiger partial charge in [-0.2, -0.15) is 5.10 Å². The molecule has 0 bridgehead atoms. The SMILES string of the molecule is Cc1c(OCC(=O)NC2CCC(n3cncn3)CC2)ccc2c3c(c(=O)oc12)CCCC3. The molecular formula is C24H28N4O4. The van der Waals surface area contributed by atoms with Crippen molar-refractivity contribution in [3.8, 4) is 5.75 Å². The fourth-order valence-electron chi connectivity index (χ4n) is 5.08. The molecule has 0 unspecified atom stereocenters. The maximum absolute atomic E-state index is 12.5. The first-order valence-electron chi connectivity index (χ1n) is 11.4. The van der Waals surface area contributed by atoms with E-state index in [1.54, 1.807) is 12.7 Å². The Morgan fingerprint density at radius 1 is 1.19 bits per heavy atom. The van der Waals surface area contributed by atoms with E-state index in [-0.39, 0.29) is 24.2 Å². The molecule has 0 spiro atoms. The maximum atomic E-state index is 12.5. The summed E-state index contributed by atoms with van der Waals surface area (Å²) in [4.78, 5) is 28.9. The number of carbonyl (C=O) groups excluding carboxylic acids is 1. The van der Waals surface area contributed by atoms with Crippen molar-refractivity contribution in [1.29, 1.82) is 0 Å². The molecule has 3 aromatic rings. The summed E-state index contributed by atoms with van der Waals surface area (Å²) in [6, 6.07) is 4.33. The number of nitrogens with one attached hydrogen (secondary N) is 1. The molecule has 1 N–H and O–H groups in total. The quantitative estimate of drug-likeness (QED) is 0.617. The number of aryl methyl sites for hydroxylation is 2. The van der Waals surface area contributed by atoms with Gasteiger partial charge in [0.1, 0.15) is 24.0 Å². The Balaban J connectivity index is 1.21. The largest absolute Gasteiger partial charge is 0.483 e. The van der Waals surface area contributed by atoms with E-state index in [2.05, 4.69) is 15.4 Å². The highest BCUT2D eigenvalue weighted by Crippen LogP contribution is 2.32. The van der Waals surface area contributed by atoms with E-state index in [1.165, 1.54) is 0 Å². The van der Waals surface area contributed by atoms with Gasteiger partial charge in [-0.3, -0.25) is 4.79 Å². The highest BCUT2D eigenvalue weighted by molar-refractivity contribution is 5.86. The van der Waals surface area contributed by atoms with E-state index < -0.39 is 0 Å². The minimum Gasteiger partial charge on any atom is -0.483 e. The lowest BCUT2D eigenvalue weighted by molar-refractivity contribution is -0.124. The van der Waals surface area contributed by atoms with E-state index in [0.717, 1.165) is 73.4 Å². The van der Waals surface area contributed by atoms with E-state index in [4.69, 9.17) is 9.15 Å². The van der Waals surface area contributed by atoms with E-state index >= 15 is 0 Å². The van der Waals surface area contributed by atoms with Crippen molar-refractivity contribution in [3.05, 3.63) is 51.9 Å². The second kappa shape index (κ2) is 8.76. The molecule has 1 fully saturated rings. The van der Waals surface area contributed by atoms with Crippen LogP contribution in [0.5, 0.6) is 5.75 Å². The molecule has 0 saturated heterocycles. The molecule has 2 aliphatic carbocycles. The molecule has 0 radical (unpaired) electrons. The number of hydrogen-bond acceptors (Lipinski definition) is 6. The number of aromatic nitrogens is 3. The Bertz CT molecular complexity index is 1180. The summed E-state index contributed by atoms with van der Waals surface area (Å²) in [5.41, 5.74) is 3.01. The van der Waals surface area contributed by atoms with Crippen LogP contribution in [0, 0.1) is 6.92 Å². The van der Waals surface area contributed by atoms with Gasteiger partial charge in [0.2, 0.25) is 0 Å². The Hall–Kier alpha value is -3.16. The highest BCUT2D eigenvalue weighted by Gasteiger charge is 2.24. The lowest BCUT2D eigenvalue weighted by atomic mass is 9.90. The maximum Gasteiger partial charge on any atom is 0.339 e. The molecule has 1 saturated carbocycles. The summed E-state index contributed by atoms with van der Waals surface area (Å²) in [5, 5.41) is 8.28. The number of fused-ring (bicyclic) bond motifs is 3. The summed E-state index contributed by atoms with van der Waals surface area (Å²) >= 11 is 0. The standard InChI is InChI=1S/C24H28N4O4/c1-15-21(11-10-19-18-4-2-3-5-20(18)24(30)32-23(15)19)31-12-22(29)27-16-6-8-17(9-7-16)28-14-25-13-26-28/h10-11,13-14,16-17H,2-9,12H2,1H3,(H,27,29). The number of amides is 1. The fraction of sp³-hybridized carbons (Fsp3) is 0.500. The lowest BCUT2D eigenvalue weighted by Crippen LogP contribution is -2.40. The summed E-state index contributed by atoms with van der Waals surface area (Å²) < 4.78 is 13.4. The van der Waals surface area contributed by atoms with Crippen LogP contribution in [-0.2, 0) is 17.6 Å². The van der Waals surface area contributed by atoms with Crippen molar-refractivity contribution >= 4 is 16.9 Å². The van der Waals surface area contributed by atoms with Gasteiger partial charge in [0.25, 0.3) is 5.91 Å². The number of hydrogen-bond donors (Lipinski definition) is 1. The molecule has 8 heteroatoms. The normalized spacial score (nSPS) is 20.7. The molecule has 8 nitrogen and oxygen atoms in total. The van der Waals surface area contributed by atoms with Gasteiger partial charge in [-0.25, -0.2) is 14.5 Å². The van der Waals surface area contributed by atoms with Crippen LogP contribution < -0.4 is 15.7 Å². The lowest BCUT2D eigenvalue weighted by Gasteiger charge is -2.29. The molecule has 0 atom stereocenters. The number of rotatable bonds is 5. The van der Waals surface area contributed by atoms with Gasteiger partial charge >= 0.3 is 5.63 Å². The first-order valence-corrected chi connectivity index (χ1v) is 11.4. The first-order chi connectivity index (χ1) is 15.6. The molecule has 2 aliphatic rings. The van der Waals surface area contributed by atoms with Crippen molar-refractivity contribution in [2.75, 3.05) is 6.61 Å². The number of carbonyl (C=O) groups is 1. The van der Waals surface area contributed by atoms with Crippen molar-refractivity contribution in [1.82, 2.24) is 20.1 Å². The smallest absolute Gasteiger partial charge is 0.339 e. The van der Waals surface area contributed by atoms with Crippen LogP contribution in [0.25, 0.3) is 11.0 Å². The van der Waals surface area contributed by atoms with E-state index in [0.29, 0.717) is 17.4 Å². The van der Waals surface area contributed by atoms with Gasteiger partial charge in [0, 0.05) is 22.6 Å². The van der Waals surface area contributed by atoms with Crippen molar-refractivity contribution < 1.29 is 13.9 Å². The molecule has 2 aromatic heterocycles. The first kappa shape index (κ1) is 20.7. The van der Waals surface area contributed by atoms with Gasteiger partial charge in [0.15, 0.2) is 6.61 Å². The Labute approximate surface area is 186 Å². The van der Waals surface area contributed by atoms with Gasteiger partial charge in [-0.1, -0.05) is 0 Å². The zero-order valence-corrected chi connectivity index (χ0v) is 18.3.